The summed E-state index contributed by atoms with van der Waals surface area (Å²) in [6.45, 7) is 3.97. The van der Waals surface area contributed by atoms with Crippen LogP contribution in [0.4, 0.5) is 5.82 Å². The molecule has 0 N–H and O–H groups in total. The summed E-state index contributed by atoms with van der Waals surface area (Å²) in [6, 6.07) is 0. The molecule has 0 aliphatic heterocycles. The number of aromatic nitrogens is 2. The molecule has 3 heteroatoms. The van der Waals surface area contributed by atoms with Gasteiger partial charge in [-0.15, -0.1) is 0 Å². The lowest BCUT2D eigenvalue weighted by Crippen LogP contribution is -2.13. The van der Waals surface area contributed by atoms with Crippen molar-refractivity contribution < 1.29 is 0 Å². The Hall–Kier alpha value is -1.38. The lowest BCUT2D eigenvalue weighted by atomic mass is 10.3. The molecule has 0 aromatic carbocycles. The molecule has 0 unspecified atom stereocenters. The fourth-order valence-corrected chi connectivity index (χ4v) is 1.13. The number of rotatable bonds is 2. The standard InChI is InChI=1S/C10H15N3/c1-5-6-9-11-7-8(2)10(12-9)13(3)4/h5-7H,1-4H3. The maximum absolute atomic E-state index is 4.39. The van der Waals surface area contributed by atoms with Gasteiger partial charge >= 0.3 is 0 Å². The van der Waals surface area contributed by atoms with Gasteiger partial charge in [-0.1, -0.05) is 6.08 Å². The second-order valence-corrected chi connectivity index (χ2v) is 3.13. The van der Waals surface area contributed by atoms with Gasteiger partial charge in [0.1, 0.15) is 5.82 Å². The molecule has 0 aliphatic rings. The summed E-state index contributed by atoms with van der Waals surface area (Å²) in [7, 11) is 3.96. The van der Waals surface area contributed by atoms with Gasteiger partial charge in [0.05, 0.1) is 0 Å². The number of anilines is 1. The second kappa shape index (κ2) is 4.03. The molecule has 0 spiro atoms. The van der Waals surface area contributed by atoms with Gasteiger partial charge in [0.2, 0.25) is 0 Å². The lowest BCUT2D eigenvalue weighted by molar-refractivity contribution is 1.00. The lowest BCUT2D eigenvalue weighted by Gasteiger charge is -2.13. The molecule has 0 fully saturated rings. The predicted octanol–water partition coefficient (Wildman–Crippen LogP) is 1.88. The highest BCUT2D eigenvalue weighted by atomic mass is 15.1. The molecule has 0 amide bonds. The van der Waals surface area contributed by atoms with Crippen LogP contribution in [0.5, 0.6) is 0 Å². The maximum Gasteiger partial charge on any atom is 0.153 e. The van der Waals surface area contributed by atoms with E-state index in [0.717, 1.165) is 17.2 Å². The van der Waals surface area contributed by atoms with E-state index < -0.39 is 0 Å². The minimum atomic E-state index is 0.761. The third-order valence-corrected chi connectivity index (χ3v) is 1.70. The van der Waals surface area contributed by atoms with Gasteiger partial charge in [-0.25, -0.2) is 9.97 Å². The topological polar surface area (TPSA) is 29.0 Å². The number of nitrogens with zero attached hydrogens (tertiary/aromatic N) is 3. The molecule has 0 radical (unpaired) electrons. The molecule has 0 aliphatic carbocycles. The summed E-state index contributed by atoms with van der Waals surface area (Å²) in [5, 5.41) is 0. The summed E-state index contributed by atoms with van der Waals surface area (Å²) in [5.74, 6) is 1.74. The van der Waals surface area contributed by atoms with E-state index in [0.29, 0.717) is 0 Å². The van der Waals surface area contributed by atoms with Crippen molar-refractivity contribution in [1.82, 2.24) is 9.97 Å². The number of allylic oxidation sites excluding steroid dienone is 1. The van der Waals surface area contributed by atoms with Gasteiger partial charge in [-0.05, 0) is 19.9 Å². The number of aryl methyl sites for hydroxylation is 1. The molecule has 70 valence electrons. The monoisotopic (exact) mass is 177 g/mol. The maximum atomic E-state index is 4.39. The van der Waals surface area contributed by atoms with Gasteiger partial charge in [-0.2, -0.15) is 0 Å². The Labute approximate surface area is 79.1 Å². The molecule has 0 saturated heterocycles. The first kappa shape index (κ1) is 9.71. The third-order valence-electron chi connectivity index (χ3n) is 1.70. The Bertz CT molecular complexity index is 316. The van der Waals surface area contributed by atoms with Crippen LogP contribution in [0.2, 0.25) is 0 Å². The summed E-state index contributed by atoms with van der Waals surface area (Å²) >= 11 is 0. The van der Waals surface area contributed by atoms with E-state index in [1.165, 1.54) is 0 Å². The van der Waals surface area contributed by atoms with Crippen molar-refractivity contribution in [2.24, 2.45) is 0 Å². The average Bonchev–Trinajstić information content (AvgIpc) is 2.08. The molecule has 0 saturated carbocycles. The smallest absolute Gasteiger partial charge is 0.153 e. The number of hydrogen-bond acceptors (Lipinski definition) is 3. The molecule has 1 aromatic heterocycles. The van der Waals surface area contributed by atoms with E-state index in [2.05, 4.69) is 9.97 Å². The zero-order valence-electron chi connectivity index (χ0n) is 8.57. The SMILES string of the molecule is CC=Cc1ncc(C)c(N(C)C)n1. The first-order valence-electron chi connectivity index (χ1n) is 4.29. The van der Waals surface area contributed by atoms with E-state index in [1.54, 1.807) is 0 Å². The molecule has 3 nitrogen and oxygen atoms in total. The predicted molar refractivity (Wildman–Crippen MR) is 55.8 cm³/mol. The zero-order chi connectivity index (χ0) is 9.84. The van der Waals surface area contributed by atoms with E-state index in [4.69, 9.17) is 0 Å². The average molecular weight is 177 g/mol. The van der Waals surface area contributed by atoms with Crippen molar-refractivity contribution in [1.29, 1.82) is 0 Å². The van der Waals surface area contributed by atoms with Crippen molar-refractivity contribution in [2.75, 3.05) is 19.0 Å². The van der Waals surface area contributed by atoms with Crippen LogP contribution in [0.3, 0.4) is 0 Å². The first-order chi connectivity index (χ1) is 6.15. The summed E-state index contributed by atoms with van der Waals surface area (Å²) in [4.78, 5) is 10.6. The van der Waals surface area contributed by atoms with Crippen LogP contribution in [0.15, 0.2) is 12.3 Å². The van der Waals surface area contributed by atoms with Crippen molar-refractivity contribution >= 4 is 11.9 Å². The van der Waals surface area contributed by atoms with Gasteiger partial charge in [0, 0.05) is 25.9 Å². The molecular weight excluding hydrogens is 162 g/mol. The van der Waals surface area contributed by atoms with E-state index in [-0.39, 0.29) is 0 Å². The van der Waals surface area contributed by atoms with Gasteiger partial charge in [0.25, 0.3) is 0 Å². The molecule has 0 bridgehead atoms. The third kappa shape index (κ3) is 2.28. The van der Waals surface area contributed by atoms with Gasteiger partial charge in [0.15, 0.2) is 5.82 Å². The van der Waals surface area contributed by atoms with E-state index in [9.17, 15) is 0 Å². The Morgan fingerprint density at radius 1 is 1.38 bits per heavy atom. The van der Waals surface area contributed by atoms with Crippen LogP contribution >= 0.6 is 0 Å². The quantitative estimate of drug-likeness (QED) is 0.690. The summed E-state index contributed by atoms with van der Waals surface area (Å²) in [5.41, 5.74) is 1.10. The Morgan fingerprint density at radius 3 is 2.62 bits per heavy atom. The first-order valence-corrected chi connectivity index (χ1v) is 4.29. The van der Waals surface area contributed by atoms with Crippen LogP contribution < -0.4 is 4.90 Å². The van der Waals surface area contributed by atoms with Crippen molar-refractivity contribution in [3.05, 3.63) is 23.7 Å². The van der Waals surface area contributed by atoms with Crippen molar-refractivity contribution in [2.45, 2.75) is 13.8 Å². The Kier molecular flexibility index (Phi) is 3.01. The highest BCUT2D eigenvalue weighted by Gasteiger charge is 2.02. The molecule has 13 heavy (non-hydrogen) atoms. The molecular formula is C10H15N3. The largest absolute Gasteiger partial charge is 0.362 e. The van der Waals surface area contributed by atoms with E-state index in [1.807, 2.05) is 51.2 Å². The normalized spacial score (nSPS) is 10.8. The second-order valence-electron chi connectivity index (χ2n) is 3.13. The Balaban J connectivity index is 3.11. The molecule has 1 rings (SSSR count). The minimum absolute atomic E-state index is 0.761. The zero-order valence-corrected chi connectivity index (χ0v) is 8.57. The number of hydrogen-bond donors (Lipinski definition) is 0. The molecule has 0 atom stereocenters. The molecule has 1 heterocycles. The van der Waals surface area contributed by atoms with E-state index >= 15 is 0 Å². The summed E-state index contributed by atoms with van der Waals surface area (Å²) in [6.07, 6.45) is 5.67. The fraction of sp³-hybridized carbons (Fsp3) is 0.400. The fourth-order valence-electron chi connectivity index (χ4n) is 1.13. The summed E-state index contributed by atoms with van der Waals surface area (Å²) < 4.78 is 0. The molecule has 1 aromatic rings. The van der Waals surface area contributed by atoms with Crippen molar-refractivity contribution in [3.8, 4) is 0 Å². The van der Waals surface area contributed by atoms with Gasteiger partial charge < -0.3 is 4.90 Å². The highest BCUT2D eigenvalue weighted by Crippen LogP contribution is 2.13. The van der Waals surface area contributed by atoms with Crippen molar-refractivity contribution in [3.63, 3.8) is 0 Å². The van der Waals surface area contributed by atoms with Gasteiger partial charge in [-0.3, -0.25) is 0 Å². The Morgan fingerprint density at radius 2 is 2.08 bits per heavy atom. The highest BCUT2D eigenvalue weighted by molar-refractivity contribution is 5.49. The van der Waals surface area contributed by atoms with Crippen LogP contribution in [-0.4, -0.2) is 24.1 Å². The van der Waals surface area contributed by atoms with Crippen LogP contribution in [0.25, 0.3) is 6.08 Å². The van der Waals surface area contributed by atoms with Crippen LogP contribution in [0.1, 0.15) is 18.3 Å². The minimum Gasteiger partial charge on any atom is -0.362 e. The van der Waals surface area contributed by atoms with Crippen LogP contribution in [-0.2, 0) is 0 Å². The van der Waals surface area contributed by atoms with Crippen LogP contribution in [0, 0.1) is 6.92 Å².